The average Bonchev–Trinajstić information content (AvgIpc) is 2.76. The van der Waals surface area contributed by atoms with Crippen molar-refractivity contribution in [3.8, 4) is 0 Å². The number of carbonyl (C=O) groups is 2. The highest BCUT2D eigenvalue weighted by molar-refractivity contribution is 7.93. The van der Waals surface area contributed by atoms with Gasteiger partial charge in [0, 0.05) is 16.2 Å². The van der Waals surface area contributed by atoms with Gasteiger partial charge in [0.25, 0.3) is 0 Å². The first kappa shape index (κ1) is 22.7. The molecule has 0 heterocycles. The van der Waals surface area contributed by atoms with Crippen LogP contribution in [0.3, 0.4) is 0 Å². The molecule has 0 atom stereocenters. The number of benzene rings is 3. The standard InChI is InChI=1S/C25H25O5P/c1-17-14-18(2)24(19(3)22(17)15-30-16-23(26)27)25(28)31(29,20-10-6-4-7-11-20)21-12-8-5-9-13-21/h4-14H,15-16H2,1-3H3,(H,26,27). The third-order valence-corrected chi connectivity index (χ3v) is 8.19. The Labute approximate surface area is 182 Å². The molecule has 0 bridgehead atoms. The molecule has 0 radical (unpaired) electrons. The molecule has 0 aromatic heterocycles. The molecule has 0 spiro atoms. The number of aryl methyl sites for hydroxylation is 2. The molecule has 0 unspecified atom stereocenters. The Balaban J connectivity index is 2.17. The molecule has 3 rings (SSSR count). The topological polar surface area (TPSA) is 80.7 Å². The number of hydrogen-bond donors (Lipinski definition) is 1. The number of carbonyl (C=O) groups excluding carboxylic acids is 1. The minimum Gasteiger partial charge on any atom is -0.480 e. The second kappa shape index (κ2) is 9.42. The SMILES string of the molecule is Cc1cc(C)c(C(=O)P(=O)(c2ccccc2)c2ccccc2)c(C)c1COCC(=O)O. The predicted octanol–water partition coefficient (Wildman–Crippen LogP) is 4.37. The molecule has 31 heavy (non-hydrogen) atoms. The van der Waals surface area contributed by atoms with Gasteiger partial charge in [-0.25, -0.2) is 4.79 Å². The fourth-order valence-electron chi connectivity index (χ4n) is 3.83. The lowest BCUT2D eigenvalue weighted by molar-refractivity contribution is -0.142. The van der Waals surface area contributed by atoms with Gasteiger partial charge >= 0.3 is 5.97 Å². The second-order valence-electron chi connectivity index (χ2n) is 7.46. The van der Waals surface area contributed by atoms with Crippen molar-refractivity contribution in [2.75, 3.05) is 6.61 Å². The number of aliphatic carboxylic acids is 1. The van der Waals surface area contributed by atoms with Crippen molar-refractivity contribution >= 4 is 29.2 Å². The molecule has 1 N–H and O–H groups in total. The van der Waals surface area contributed by atoms with Crippen LogP contribution in [-0.2, 0) is 20.7 Å². The number of carboxylic acid groups (broad SMARTS) is 1. The van der Waals surface area contributed by atoms with E-state index in [-0.39, 0.29) is 6.61 Å². The summed E-state index contributed by atoms with van der Waals surface area (Å²) in [5, 5.41) is 9.82. The normalized spacial score (nSPS) is 11.3. The van der Waals surface area contributed by atoms with E-state index >= 15 is 0 Å². The van der Waals surface area contributed by atoms with E-state index in [1.165, 1.54) is 0 Å². The summed E-state index contributed by atoms with van der Waals surface area (Å²) in [6, 6.07) is 19.5. The fourth-order valence-corrected chi connectivity index (χ4v) is 6.44. The zero-order valence-electron chi connectivity index (χ0n) is 17.8. The van der Waals surface area contributed by atoms with Gasteiger partial charge in [0.05, 0.1) is 6.61 Å². The van der Waals surface area contributed by atoms with E-state index in [4.69, 9.17) is 9.84 Å². The molecule has 0 amide bonds. The van der Waals surface area contributed by atoms with E-state index in [0.717, 1.165) is 16.7 Å². The first-order chi connectivity index (χ1) is 14.8. The van der Waals surface area contributed by atoms with E-state index in [9.17, 15) is 14.2 Å². The van der Waals surface area contributed by atoms with Crippen LogP contribution in [0.15, 0.2) is 66.7 Å². The Morgan fingerprint density at radius 2 is 1.39 bits per heavy atom. The summed E-state index contributed by atoms with van der Waals surface area (Å²) in [5.41, 5.74) is 3.00. The van der Waals surface area contributed by atoms with Gasteiger partial charge in [0.1, 0.15) is 6.61 Å². The van der Waals surface area contributed by atoms with Crippen molar-refractivity contribution in [3.63, 3.8) is 0 Å². The summed E-state index contributed by atoms with van der Waals surface area (Å²) in [7, 11) is -3.64. The molecule has 3 aromatic carbocycles. The Morgan fingerprint density at radius 3 is 1.87 bits per heavy atom. The number of carboxylic acids is 1. The lowest BCUT2D eigenvalue weighted by Crippen LogP contribution is -2.24. The van der Waals surface area contributed by atoms with Crippen LogP contribution in [0.4, 0.5) is 0 Å². The van der Waals surface area contributed by atoms with Crippen LogP contribution in [0.25, 0.3) is 0 Å². The van der Waals surface area contributed by atoms with Crippen molar-refractivity contribution in [2.45, 2.75) is 27.4 Å². The lowest BCUT2D eigenvalue weighted by atomic mass is 9.94. The summed E-state index contributed by atoms with van der Waals surface area (Å²) >= 11 is 0. The number of ether oxygens (including phenoxy) is 1. The van der Waals surface area contributed by atoms with Crippen LogP contribution < -0.4 is 10.6 Å². The maximum absolute atomic E-state index is 14.5. The molecule has 5 nitrogen and oxygen atoms in total. The Kier molecular flexibility index (Phi) is 6.89. The highest BCUT2D eigenvalue weighted by atomic mass is 31.2. The van der Waals surface area contributed by atoms with Gasteiger partial charge in [-0.2, -0.15) is 0 Å². The minimum atomic E-state index is -3.64. The van der Waals surface area contributed by atoms with E-state index in [1.54, 1.807) is 55.5 Å². The summed E-state index contributed by atoms with van der Waals surface area (Å²) in [4.78, 5) is 24.8. The van der Waals surface area contributed by atoms with Crippen LogP contribution in [-0.4, -0.2) is 23.2 Å². The van der Waals surface area contributed by atoms with Gasteiger partial charge in [0.15, 0.2) is 0 Å². The minimum absolute atomic E-state index is 0.0610. The van der Waals surface area contributed by atoms with Gasteiger partial charge in [-0.1, -0.05) is 66.7 Å². The molecule has 0 fully saturated rings. The Morgan fingerprint density at radius 1 is 0.871 bits per heavy atom. The Hall–Kier alpha value is -3.01. The first-order valence-corrected chi connectivity index (χ1v) is 11.6. The summed E-state index contributed by atoms with van der Waals surface area (Å²) in [5.74, 6) is -1.06. The third kappa shape index (κ3) is 4.53. The highest BCUT2D eigenvalue weighted by Crippen LogP contribution is 2.48. The third-order valence-electron chi connectivity index (χ3n) is 5.34. The van der Waals surface area contributed by atoms with Gasteiger partial charge in [-0.05, 0) is 43.0 Å². The van der Waals surface area contributed by atoms with Crippen LogP contribution >= 0.6 is 7.14 Å². The zero-order chi connectivity index (χ0) is 22.6. The zero-order valence-corrected chi connectivity index (χ0v) is 18.7. The quantitative estimate of drug-likeness (QED) is 0.531. The Bertz CT molecular complexity index is 1110. The number of rotatable bonds is 8. The highest BCUT2D eigenvalue weighted by Gasteiger charge is 2.38. The molecule has 0 aliphatic carbocycles. The fraction of sp³-hybridized carbons (Fsp3) is 0.200. The molecular formula is C25H25O5P. The maximum Gasteiger partial charge on any atom is 0.329 e. The second-order valence-corrected chi connectivity index (χ2v) is 10.1. The van der Waals surface area contributed by atoms with Crippen molar-refractivity contribution in [1.29, 1.82) is 0 Å². The molecule has 0 saturated carbocycles. The molecule has 0 aliphatic heterocycles. The van der Waals surface area contributed by atoms with Crippen molar-refractivity contribution < 1.29 is 24.0 Å². The van der Waals surface area contributed by atoms with E-state index in [0.29, 0.717) is 21.7 Å². The molecule has 3 aromatic rings. The first-order valence-electron chi connectivity index (χ1n) is 9.92. The summed E-state index contributed by atoms with van der Waals surface area (Å²) in [6.07, 6.45) is 0. The molecule has 0 aliphatic rings. The largest absolute Gasteiger partial charge is 0.480 e. The van der Waals surface area contributed by atoms with E-state index in [2.05, 4.69) is 0 Å². The van der Waals surface area contributed by atoms with Crippen molar-refractivity contribution in [1.82, 2.24) is 0 Å². The van der Waals surface area contributed by atoms with Crippen LogP contribution in [0, 0.1) is 20.8 Å². The van der Waals surface area contributed by atoms with E-state index < -0.39 is 25.2 Å². The van der Waals surface area contributed by atoms with Crippen LogP contribution in [0.2, 0.25) is 0 Å². The van der Waals surface area contributed by atoms with Gasteiger partial charge < -0.3 is 14.4 Å². The summed E-state index contributed by atoms with van der Waals surface area (Å²) < 4.78 is 19.8. The smallest absolute Gasteiger partial charge is 0.329 e. The average molecular weight is 436 g/mol. The van der Waals surface area contributed by atoms with Crippen molar-refractivity contribution in [2.24, 2.45) is 0 Å². The molecule has 6 heteroatoms. The molecular weight excluding hydrogens is 411 g/mol. The number of hydrogen-bond acceptors (Lipinski definition) is 4. The predicted molar refractivity (Wildman–Crippen MR) is 122 cm³/mol. The van der Waals surface area contributed by atoms with Gasteiger partial charge in [0.2, 0.25) is 12.7 Å². The molecule has 0 saturated heterocycles. The lowest BCUT2D eigenvalue weighted by Gasteiger charge is -2.22. The van der Waals surface area contributed by atoms with Gasteiger partial charge in [-0.3, -0.25) is 4.79 Å². The summed E-state index contributed by atoms with van der Waals surface area (Å²) in [6.45, 7) is 5.15. The van der Waals surface area contributed by atoms with Crippen LogP contribution in [0.5, 0.6) is 0 Å². The van der Waals surface area contributed by atoms with Crippen molar-refractivity contribution in [3.05, 3.63) is 94.5 Å². The maximum atomic E-state index is 14.5. The van der Waals surface area contributed by atoms with Crippen LogP contribution in [0.1, 0.15) is 32.6 Å². The van der Waals surface area contributed by atoms with E-state index in [1.807, 2.05) is 32.0 Å². The molecule has 160 valence electrons. The monoisotopic (exact) mass is 436 g/mol. The van der Waals surface area contributed by atoms with Gasteiger partial charge in [-0.15, -0.1) is 0 Å².